The lowest BCUT2D eigenvalue weighted by molar-refractivity contribution is 0.579. The van der Waals surface area contributed by atoms with Gasteiger partial charge < -0.3 is 10.2 Å². The number of nitrogen functional groups attached to an aromatic ring is 1. The van der Waals surface area contributed by atoms with Gasteiger partial charge in [0.05, 0.1) is 16.4 Å². The molecule has 0 amide bonds. The molecule has 0 aliphatic rings. The first-order valence-electron chi connectivity index (χ1n) is 3.73. The summed E-state index contributed by atoms with van der Waals surface area (Å²) in [7, 11) is 0. The van der Waals surface area contributed by atoms with E-state index in [2.05, 4.69) is 20.9 Å². The van der Waals surface area contributed by atoms with E-state index in [-0.39, 0.29) is 0 Å². The van der Waals surface area contributed by atoms with E-state index in [9.17, 15) is 0 Å². The van der Waals surface area contributed by atoms with Gasteiger partial charge in [0.2, 0.25) is 0 Å². The molecule has 4 heteroatoms. The molecule has 66 valence electrons. The van der Waals surface area contributed by atoms with Gasteiger partial charge in [-0.1, -0.05) is 0 Å². The van der Waals surface area contributed by atoms with E-state index >= 15 is 0 Å². The zero-order valence-corrected chi connectivity index (χ0v) is 8.28. The van der Waals surface area contributed by atoms with Gasteiger partial charge in [-0.25, -0.2) is 0 Å². The summed E-state index contributed by atoms with van der Waals surface area (Å²) in [4.78, 5) is 4.13. The van der Waals surface area contributed by atoms with Crippen LogP contribution in [-0.2, 0) is 0 Å². The number of rotatable bonds is 1. The second-order valence-electron chi connectivity index (χ2n) is 2.54. The Morgan fingerprint density at radius 1 is 1.38 bits per heavy atom. The van der Waals surface area contributed by atoms with Crippen molar-refractivity contribution < 1.29 is 4.42 Å². The number of hydrogen-bond donors (Lipinski definition) is 1. The molecule has 3 nitrogen and oxygen atoms in total. The standard InChI is InChI=1S/C9H7BrN2O/c10-6-3-5-13-9(6)8-7(11)2-1-4-12-8/h1-5H,11H2. The van der Waals surface area contributed by atoms with Crippen LogP contribution in [0.15, 0.2) is 39.5 Å². The van der Waals surface area contributed by atoms with Gasteiger partial charge in [-0.15, -0.1) is 0 Å². The van der Waals surface area contributed by atoms with Crippen LogP contribution in [0.25, 0.3) is 11.5 Å². The Labute approximate surface area is 83.7 Å². The molecule has 0 atom stereocenters. The molecule has 2 rings (SSSR count). The number of anilines is 1. The smallest absolute Gasteiger partial charge is 0.168 e. The van der Waals surface area contributed by atoms with Crippen molar-refractivity contribution in [3.05, 3.63) is 35.1 Å². The molecular formula is C9H7BrN2O. The quantitative estimate of drug-likeness (QED) is 0.832. The first kappa shape index (κ1) is 8.31. The van der Waals surface area contributed by atoms with Crippen LogP contribution >= 0.6 is 15.9 Å². The Morgan fingerprint density at radius 3 is 2.85 bits per heavy atom. The zero-order chi connectivity index (χ0) is 9.26. The normalized spacial score (nSPS) is 10.2. The van der Waals surface area contributed by atoms with Crippen molar-refractivity contribution in [2.45, 2.75) is 0 Å². The van der Waals surface area contributed by atoms with Gasteiger partial charge in [-0.05, 0) is 34.1 Å². The maximum Gasteiger partial charge on any atom is 0.168 e. The van der Waals surface area contributed by atoms with E-state index in [1.54, 1.807) is 24.6 Å². The van der Waals surface area contributed by atoms with Gasteiger partial charge >= 0.3 is 0 Å². The second kappa shape index (κ2) is 3.22. The monoisotopic (exact) mass is 238 g/mol. The maximum atomic E-state index is 5.74. The Kier molecular flexibility index (Phi) is 2.06. The fraction of sp³-hybridized carbons (Fsp3) is 0. The highest BCUT2D eigenvalue weighted by Gasteiger charge is 2.10. The van der Waals surface area contributed by atoms with Crippen LogP contribution in [0.1, 0.15) is 0 Å². The zero-order valence-electron chi connectivity index (χ0n) is 6.70. The molecule has 0 saturated heterocycles. The van der Waals surface area contributed by atoms with Crippen molar-refractivity contribution in [3.8, 4) is 11.5 Å². The lowest BCUT2D eigenvalue weighted by Gasteiger charge is -2.00. The molecule has 0 aliphatic carbocycles. The predicted octanol–water partition coefficient (Wildman–Crippen LogP) is 2.69. The van der Waals surface area contributed by atoms with Crippen LogP contribution < -0.4 is 5.73 Å². The summed E-state index contributed by atoms with van der Waals surface area (Å²) in [6.45, 7) is 0. The molecule has 13 heavy (non-hydrogen) atoms. The molecule has 2 heterocycles. The predicted molar refractivity (Wildman–Crippen MR) is 54.1 cm³/mol. The minimum Gasteiger partial charge on any atom is -0.461 e. The van der Waals surface area contributed by atoms with Gasteiger partial charge in [-0.2, -0.15) is 0 Å². The number of halogens is 1. The summed E-state index contributed by atoms with van der Waals surface area (Å²) in [5.74, 6) is 0.665. The third-order valence-electron chi connectivity index (χ3n) is 1.67. The molecule has 0 radical (unpaired) electrons. The number of aromatic nitrogens is 1. The van der Waals surface area contributed by atoms with E-state index in [0.29, 0.717) is 17.1 Å². The lowest BCUT2D eigenvalue weighted by atomic mass is 10.2. The van der Waals surface area contributed by atoms with E-state index in [4.69, 9.17) is 10.2 Å². The first-order chi connectivity index (χ1) is 6.29. The van der Waals surface area contributed by atoms with Gasteiger partial charge in [0.15, 0.2) is 5.76 Å². The first-order valence-corrected chi connectivity index (χ1v) is 4.52. The molecule has 0 aromatic carbocycles. The molecule has 0 aliphatic heterocycles. The third-order valence-corrected chi connectivity index (χ3v) is 2.30. The largest absolute Gasteiger partial charge is 0.461 e. The van der Waals surface area contributed by atoms with Crippen molar-refractivity contribution in [1.29, 1.82) is 0 Å². The Balaban J connectivity index is 2.59. The van der Waals surface area contributed by atoms with Crippen LogP contribution in [-0.4, -0.2) is 4.98 Å². The summed E-state index contributed by atoms with van der Waals surface area (Å²) in [6.07, 6.45) is 3.27. The van der Waals surface area contributed by atoms with Crippen LogP contribution in [0.4, 0.5) is 5.69 Å². The SMILES string of the molecule is Nc1cccnc1-c1occc1Br. The number of pyridine rings is 1. The van der Waals surface area contributed by atoms with Crippen molar-refractivity contribution >= 4 is 21.6 Å². The molecule has 0 bridgehead atoms. The van der Waals surface area contributed by atoms with Gasteiger partial charge in [0, 0.05) is 6.20 Å². The Bertz CT molecular complexity index is 425. The highest BCUT2D eigenvalue weighted by Crippen LogP contribution is 2.30. The summed E-state index contributed by atoms with van der Waals surface area (Å²) in [5.41, 5.74) is 7.01. The van der Waals surface area contributed by atoms with Gasteiger partial charge in [0.25, 0.3) is 0 Å². The van der Waals surface area contributed by atoms with Crippen LogP contribution in [0.2, 0.25) is 0 Å². The minimum absolute atomic E-state index is 0.609. The van der Waals surface area contributed by atoms with Gasteiger partial charge in [-0.3, -0.25) is 4.98 Å². The highest BCUT2D eigenvalue weighted by atomic mass is 79.9. The molecule has 0 saturated carbocycles. The fourth-order valence-electron chi connectivity index (χ4n) is 1.07. The number of nitrogens with two attached hydrogens (primary N) is 1. The molecule has 0 unspecified atom stereocenters. The summed E-state index contributed by atoms with van der Waals surface area (Å²) >= 11 is 3.35. The third kappa shape index (κ3) is 1.45. The fourth-order valence-corrected chi connectivity index (χ4v) is 1.46. The lowest BCUT2D eigenvalue weighted by Crippen LogP contribution is -1.91. The molecular weight excluding hydrogens is 232 g/mol. The van der Waals surface area contributed by atoms with Crippen molar-refractivity contribution in [3.63, 3.8) is 0 Å². The Morgan fingerprint density at radius 2 is 2.23 bits per heavy atom. The van der Waals surface area contributed by atoms with E-state index < -0.39 is 0 Å². The number of furan rings is 1. The Hall–Kier alpha value is -1.29. The number of hydrogen-bond acceptors (Lipinski definition) is 3. The van der Waals surface area contributed by atoms with E-state index in [1.807, 2.05) is 6.07 Å². The molecule has 2 aromatic heterocycles. The molecule has 2 aromatic rings. The average molecular weight is 239 g/mol. The summed E-state index contributed by atoms with van der Waals surface area (Å²) < 4.78 is 6.10. The summed E-state index contributed by atoms with van der Waals surface area (Å²) in [6, 6.07) is 5.39. The second-order valence-corrected chi connectivity index (χ2v) is 3.39. The highest BCUT2D eigenvalue weighted by molar-refractivity contribution is 9.10. The van der Waals surface area contributed by atoms with Crippen LogP contribution in [0.3, 0.4) is 0 Å². The minimum atomic E-state index is 0.609. The van der Waals surface area contributed by atoms with Crippen molar-refractivity contribution in [2.75, 3.05) is 5.73 Å². The maximum absolute atomic E-state index is 5.74. The number of nitrogens with zero attached hydrogens (tertiary/aromatic N) is 1. The molecule has 2 N–H and O–H groups in total. The average Bonchev–Trinajstić information content (AvgIpc) is 2.52. The van der Waals surface area contributed by atoms with E-state index in [1.165, 1.54) is 0 Å². The molecule has 0 spiro atoms. The molecule has 0 fully saturated rings. The van der Waals surface area contributed by atoms with Crippen LogP contribution in [0.5, 0.6) is 0 Å². The van der Waals surface area contributed by atoms with Crippen molar-refractivity contribution in [2.24, 2.45) is 0 Å². The van der Waals surface area contributed by atoms with Crippen LogP contribution in [0, 0.1) is 0 Å². The van der Waals surface area contributed by atoms with Gasteiger partial charge in [0.1, 0.15) is 5.69 Å². The van der Waals surface area contributed by atoms with E-state index in [0.717, 1.165) is 4.47 Å². The topological polar surface area (TPSA) is 52.0 Å². The van der Waals surface area contributed by atoms with Crippen molar-refractivity contribution in [1.82, 2.24) is 4.98 Å². The summed E-state index contributed by atoms with van der Waals surface area (Å²) in [5, 5.41) is 0.